The van der Waals surface area contributed by atoms with Crippen molar-refractivity contribution in [3.05, 3.63) is 23.8 Å². The fraction of sp³-hybridized carbons (Fsp3) is 0.333. The third-order valence-corrected chi connectivity index (χ3v) is 1.00. The summed E-state index contributed by atoms with van der Waals surface area (Å²) < 4.78 is 35.6. The number of aromatic nitrogens is 2. The SMILES string of the molecule is Cc1n[c]cc(C(F)(F)F)n1. The lowest BCUT2D eigenvalue weighted by atomic mass is 10.4. The lowest BCUT2D eigenvalue weighted by Crippen LogP contribution is -2.08. The fourth-order valence-corrected chi connectivity index (χ4v) is 0.564. The Morgan fingerprint density at radius 3 is 2.45 bits per heavy atom. The quantitative estimate of drug-likeness (QED) is 0.577. The summed E-state index contributed by atoms with van der Waals surface area (Å²) in [5, 5.41) is 0. The van der Waals surface area contributed by atoms with E-state index in [1.165, 1.54) is 6.92 Å². The monoisotopic (exact) mass is 161 g/mol. The van der Waals surface area contributed by atoms with Crippen molar-refractivity contribution in [2.75, 3.05) is 0 Å². The molecule has 0 aromatic carbocycles. The van der Waals surface area contributed by atoms with Crippen LogP contribution in [0.3, 0.4) is 0 Å². The predicted molar refractivity (Wildman–Crippen MR) is 30.6 cm³/mol. The van der Waals surface area contributed by atoms with Gasteiger partial charge >= 0.3 is 6.18 Å². The minimum atomic E-state index is -4.40. The molecular weight excluding hydrogens is 157 g/mol. The summed E-state index contributed by atoms with van der Waals surface area (Å²) in [6.45, 7) is 1.38. The Labute approximate surface area is 61.1 Å². The van der Waals surface area contributed by atoms with Crippen molar-refractivity contribution in [3.8, 4) is 0 Å². The van der Waals surface area contributed by atoms with E-state index in [0.29, 0.717) is 6.07 Å². The van der Waals surface area contributed by atoms with Gasteiger partial charge in [-0.2, -0.15) is 13.2 Å². The zero-order valence-electron chi connectivity index (χ0n) is 5.61. The molecule has 0 fully saturated rings. The largest absolute Gasteiger partial charge is 0.433 e. The van der Waals surface area contributed by atoms with Crippen LogP contribution in [0.2, 0.25) is 0 Å². The molecule has 0 N–H and O–H groups in total. The van der Waals surface area contributed by atoms with Crippen LogP contribution in [0, 0.1) is 13.1 Å². The van der Waals surface area contributed by atoms with Gasteiger partial charge in [-0.25, -0.2) is 9.97 Å². The molecule has 1 heterocycles. The van der Waals surface area contributed by atoms with Gasteiger partial charge in [-0.3, -0.25) is 0 Å². The molecule has 59 valence electrons. The minimum Gasteiger partial charge on any atom is -0.232 e. The van der Waals surface area contributed by atoms with Crippen LogP contribution >= 0.6 is 0 Å². The molecule has 1 aromatic rings. The van der Waals surface area contributed by atoms with Crippen LogP contribution in [0.1, 0.15) is 11.5 Å². The average molecular weight is 161 g/mol. The van der Waals surface area contributed by atoms with Crippen molar-refractivity contribution in [2.45, 2.75) is 13.1 Å². The molecule has 1 aromatic heterocycles. The van der Waals surface area contributed by atoms with E-state index in [1.54, 1.807) is 0 Å². The molecule has 5 heteroatoms. The third-order valence-electron chi connectivity index (χ3n) is 1.00. The minimum absolute atomic E-state index is 0.0693. The average Bonchev–Trinajstić information content (AvgIpc) is 1.86. The maximum Gasteiger partial charge on any atom is 0.433 e. The topological polar surface area (TPSA) is 25.8 Å². The van der Waals surface area contributed by atoms with Gasteiger partial charge in [-0.1, -0.05) is 0 Å². The highest BCUT2D eigenvalue weighted by Crippen LogP contribution is 2.26. The van der Waals surface area contributed by atoms with Gasteiger partial charge in [0, 0.05) is 0 Å². The molecule has 0 saturated carbocycles. The van der Waals surface area contributed by atoms with Crippen molar-refractivity contribution >= 4 is 0 Å². The van der Waals surface area contributed by atoms with E-state index < -0.39 is 11.9 Å². The molecule has 11 heavy (non-hydrogen) atoms. The van der Waals surface area contributed by atoms with Gasteiger partial charge in [0.1, 0.15) is 11.5 Å². The van der Waals surface area contributed by atoms with Crippen LogP contribution in [0.15, 0.2) is 6.07 Å². The standard InChI is InChI=1S/C6H4F3N2/c1-4-10-3-2-5(11-4)6(7,8)9/h2H,1H3. The predicted octanol–water partition coefficient (Wildman–Crippen LogP) is 1.60. The molecular formula is C6H4F3N2. The lowest BCUT2D eigenvalue weighted by Gasteiger charge is -2.03. The van der Waals surface area contributed by atoms with Crippen LogP contribution in [0.4, 0.5) is 13.2 Å². The summed E-state index contributed by atoms with van der Waals surface area (Å²) in [5.41, 5.74) is -0.954. The Balaban J connectivity index is 3.06. The first kappa shape index (κ1) is 7.97. The highest BCUT2D eigenvalue weighted by Gasteiger charge is 2.32. The van der Waals surface area contributed by atoms with Gasteiger partial charge in [0.2, 0.25) is 0 Å². The van der Waals surface area contributed by atoms with Gasteiger partial charge in [0.05, 0.1) is 6.20 Å². The number of hydrogen-bond donors (Lipinski definition) is 0. The molecule has 1 radical (unpaired) electrons. The molecule has 0 bridgehead atoms. The van der Waals surface area contributed by atoms with Gasteiger partial charge in [-0.15, -0.1) is 0 Å². The Hall–Kier alpha value is -1.13. The smallest absolute Gasteiger partial charge is 0.232 e. The van der Waals surface area contributed by atoms with E-state index in [0.717, 1.165) is 0 Å². The molecule has 0 aliphatic heterocycles. The summed E-state index contributed by atoms with van der Waals surface area (Å²) in [6.07, 6.45) is -2.30. The summed E-state index contributed by atoms with van der Waals surface area (Å²) in [7, 11) is 0. The number of nitrogens with zero attached hydrogens (tertiary/aromatic N) is 2. The zero-order chi connectivity index (χ0) is 8.48. The van der Waals surface area contributed by atoms with Crippen LogP contribution < -0.4 is 0 Å². The van der Waals surface area contributed by atoms with Gasteiger partial charge in [-0.05, 0) is 13.0 Å². The fourth-order valence-electron chi connectivity index (χ4n) is 0.564. The van der Waals surface area contributed by atoms with Crippen molar-refractivity contribution in [1.29, 1.82) is 0 Å². The summed E-state index contributed by atoms with van der Waals surface area (Å²) in [4.78, 5) is 6.59. The number of aryl methyl sites for hydroxylation is 1. The summed E-state index contributed by atoms with van der Waals surface area (Å²) in [6, 6.07) is 0.715. The van der Waals surface area contributed by atoms with Crippen molar-refractivity contribution in [3.63, 3.8) is 0 Å². The van der Waals surface area contributed by atoms with E-state index in [4.69, 9.17) is 0 Å². The second kappa shape index (κ2) is 2.48. The van der Waals surface area contributed by atoms with Crippen LogP contribution in [0.25, 0.3) is 0 Å². The normalized spacial score (nSPS) is 11.6. The van der Waals surface area contributed by atoms with Crippen LogP contribution in [-0.4, -0.2) is 9.97 Å². The Morgan fingerprint density at radius 2 is 2.09 bits per heavy atom. The highest BCUT2D eigenvalue weighted by atomic mass is 19.4. The van der Waals surface area contributed by atoms with Crippen LogP contribution in [0.5, 0.6) is 0 Å². The van der Waals surface area contributed by atoms with E-state index in [9.17, 15) is 13.2 Å². The summed E-state index contributed by atoms with van der Waals surface area (Å²) in [5.74, 6) is 0.0693. The number of alkyl halides is 3. The molecule has 0 saturated heterocycles. The van der Waals surface area contributed by atoms with Gasteiger partial charge < -0.3 is 0 Å². The van der Waals surface area contributed by atoms with Crippen molar-refractivity contribution < 1.29 is 13.2 Å². The number of rotatable bonds is 0. The van der Waals surface area contributed by atoms with E-state index in [-0.39, 0.29) is 5.82 Å². The highest BCUT2D eigenvalue weighted by molar-refractivity contribution is 5.04. The maximum absolute atomic E-state index is 11.9. The molecule has 0 aliphatic carbocycles. The lowest BCUT2D eigenvalue weighted by molar-refractivity contribution is -0.141. The van der Waals surface area contributed by atoms with Gasteiger partial charge in [0.15, 0.2) is 0 Å². The first-order chi connectivity index (χ1) is 5.00. The van der Waals surface area contributed by atoms with Crippen molar-refractivity contribution in [1.82, 2.24) is 9.97 Å². The molecule has 1 rings (SSSR count). The zero-order valence-corrected chi connectivity index (χ0v) is 5.61. The number of hydrogen-bond acceptors (Lipinski definition) is 2. The second-order valence-corrected chi connectivity index (χ2v) is 1.93. The molecule has 0 aliphatic rings. The van der Waals surface area contributed by atoms with E-state index in [1.807, 2.05) is 0 Å². The Morgan fingerprint density at radius 1 is 1.45 bits per heavy atom. The molecule has 2 nitrogen and oxygen atoms in total. The molecule has 0 unspecified atom stereocenters. The number of halogens is 3. The third kappa shape index (κ3) is 1.89. The van der Waals surface area contributed by atoms with Crippen molar-refractivity contribution in [2.24, 2.45) is 0 Å². The van der Waals surface area contributed by atoms with E-state index in [2.05, 4.69) is 16.2 Å². The Kier molecular flexibility index (Phi) is 1.80. The molecule has 0 spiro atoms. The summed E-state index contributed by atoms with van der Waals surface area (Å²) >= 11 is 0. The maximum atomic E-state index is 11.9. The first-order valence-corrected chi connectivity index (χ1v) is 2.79. The van der Waals surface area contributed by atoms with E-state index >= 15 is 0 Å². The molecule has 0 atom stereocenters. The van der Waals surface area contributed by atoms with Gasteiger partial charge in [0.25, 0.3) is 0 Å². The first-order valence-electron chi connectivity index (χ1n) is 2.79. The molecule has 0 amide bonds. The Bertz CT molecular complexity index is 256. The second-order valence-electron chi connectivity index (χ2n) is 1.93. The van der Waals surface area contributed by atoms with Crippen LogP contribution in [-0.2, 0) is 6.18 Å².